The zero-order valence-corrected chi connectivity index (χ0v) is 60.0. The van der Waals surface area contributed by atoms with Crippen LogP contribution in [-0.2, 0) is 80.4 Å². The minimum Gasteiger partial charge on any atom is -0.391 e. The molecule has 8 rings (SSSR count). The zero-order chi connectivity index (χ0) is 77.4. The van der Waals surface area contributed by atoms with E-state index < -0.39 is 83.5 Å². The molecule has 8 heterocycles. The third-order valence-electron chi connectivity index (χ3n) is 15.8. The van der Waals surface area contributed by atoms with Crippen molar-refractivity contribution in [1.82, 2.24) is 88.0 Å². The predicted octanol–water partition coefficient (Wildman–Crippen LogP) is -0.906. The normalized spacial score (nSPS) is 11.6. The quantitative estimate of drug-likeness (QED) is 0.0217. The summed E-state index contributed by atoms with van der Waals surface area (Å²) in [5.74, 6) is -7.39. The molecule has 106 heavy (non-hydrogen) atoms. The van der Waals surface area contributed by atoms with Crippen LogP contribution in [0.5, 0.6) is 0 Å². The van der Waals surface area contributed by atoms with Crippen LogP contribution in [0.1, 0.15) is 123 Å². The molecule has 2 atom stereocenters. The first-order valence-electron chi connectivity index (χ1n) is 32.9. The Morgan fingerprint density at radius 3 is 1.24 bits per heavy atom. The predicted molar refractivity (Wildman–Crippen MR) is 384 cm³/mol. The maximum absolute atomic E-state index is 13.5. The van der Waals surface area contributed by atoms with Gasteiger partial charge in [0.2, 0.25) is 52.8 Å². The molecule has 41 nitrogen and oxygen atoms in total. The monoisotopic (exact) mass is 1470 g/mol. The number of rotatable bonds is 34. The van der Waals surface area contributed by atoms with Crippen molar-refractivity contribution in [2.24, 2.45) is 62.1 Å². The number of aliphatic hydroxyl groups is 1. The van der Waals surface area contributed by atoms with Crippen molar-refractivity contribution in [2.45, 2.75) is 51.2 Å². The standard InChI is InChI=1S/C65H85N27O14/c1-35(93)72-46-31-91(10)55(78-46)64(105)82-49-34-90(9)54(81-49)63(104)70-19-15-51(96)77-47-32-92(11)56(79-47)65(106)83-48-33-89(8)53(80-48)62(103)69-17-13-41(66)57(98)74-37-24-45(88(7)28-37)61(102)76-39-23-43(86(5)30-39)59(100)71-26-40(94)25-52(97)73-36-21-44(87(6)27-36)60(101)75-38-22-42(85(4)29-38)58(99)68-18-14-50(95)67-16-12-20-84(2)3/h21-24,27-34,40-41,94H,12-20,25-26,66H2,1-11H3,(H,67,95)(H,68,99)(H,69,103)(H,70,104)(H,71,100)(H,72,93)(H,73,97)(H,74,98)(H,75,101)(H,76,102)(H,77,96)(H,82,105)(H,83,106)/t40-,41+/m0/s1. The second-order valence-corrected chi connectivity index (χ2v) is 25.0. The van der Waals surface area contributed by atoms with Gasteiger partial charge in [-0.1, -0.05) is 0 Å². The fourth-order valence-corrected chi connectivity index (χ4v) is 10.6. The summed E-state index contributed by atoms with van der Waals surface area (Å²) in [6, 6.07) is 4.58. The smallest absolute Gasteiger partial charge is 0.292 e. The molecule has 41 heteroatoms. The van der Waals surface area contributed by atoms with E-state index >= 15 is 0 Å². The number of nitrogens with two attached hydrogens (primary N) is 1. The third-order valence-corrected chi connectivity index (χ3v) is 15.8. The minimum atomic E-state index is -1.33. The van der Waals surface area contributed by atoms with Crippen LogP contribution in [0.15, 0.2) is 73.8 Å². The first-order chi connectivity index (χ1) is 50.2. The molecule has 0 spiro atoms. The molecule has 0 saturated carbocycles. The summed E-state index contributed by atoms with van der Waals surface area (Å²) in [5, 5.41) is 45.0. The van der Waals surface area contributed by atoms with Gasteiger partial charge in [0, 0.05) is 158 Å². The average molecular weight is 1470 g/mol. The van der Waals surface area contributed by atoms with Gasteiger partial charge in [0.05, 0.1) is 41.3 Å². The summed E-state index contributed by atoms with van der Waals surface area (Å²) in [5.41, 5.74) is 7.82. The van der Waals surface area contributed by atoms with E-state index in [1.807, 2.05) is 19.0 Å². The van der Waals surface area contributed by atoms with Crippen LogP contribution in [0.3, 0.4) is 0 Å². The van der Waals surface area contributed by atoms with Gasteiger partial charge in [-0.2, -0.15) is 0 Å². The largest absolute Gasteiger partial charge is 0.391 e. The molecule has 0 fully saturated rings. The first kappa shape index (κ1) is 78.7. The Bertz CT molecular complexity index is 4670. The number of imidazole rings is 4. The maximum atomic E-state index is 13.5. The van der Waals surface area contributed by atoms with Crippen molar-refractivity contribution in [3.8, 4) is 0 Å². The zero-order valence-electron chi connectivity index (χ0n) is 60.0. The van der Waals surface area contributed by atoms with Gasteiger partial charge in [0.25, 0.3) is 47.3 Å². The van der Waals surface area contributed by atoms with E-state index in [4.69, 9.17) is 5.73 Å². The van der Waals surface area contributed by atoms with Gasteiger partial charge >= 0.3 is 0 Å². The molecule has 0 aliphatic carbocycles. The van der Waals surface area contributed by atoms with Gasteiger partial charge in [0.15, 0.2) is 23.3 Å². The summed E-state index contributed by atoms with van der Waals surface area (Å²) in [7, 11) is 16.4. The Kier molecular flexibility index (Phi) is 26.1. The lowest BCUT2D eigenvalue weighted by molar-refractivity contribution is -0.121. The topological polar surface area (TPSA) is 519 Å². The molecule has 8 aromatic rings. The summed E-state index contributed by atoms with van der Waals surface area (Å²) in [6.07, 6.45) is 10.5. The van der Waals surface area contributed by atoms with Crippen LogP contribution in [0.25, 0.3) is 0 Å². The molecule has 0 aliphatic heterocycles. The van der Waals surface area contributed by atoms with E-state index in [1.165, 1.54) is 132 Å². The number of anilines is 8. The molecule has 564 valence electrons. The van der Waals surface area contributed by atoms with E-state index in [-0.39, 0.29) is 144 Å². The molecule has 0 aliphatic rings. The first-order valence-corrected chi connectivity index (χ1v) is 32.9. The number of hydrogen-bond acceptors (Lipinski definition) is 20. The Morgan fingerprint density at radius 2 is 0.783 bits per heavy atom. The molecule has 0 unspecified atom stereocenters. The fraction of sp³-hybridized carbons (Fsp3) is 0.369. The van der Waals surface area contributed by atoms with Crippen LogP contribution >= 0.6 is 0 Å². The van der Waals surface area contributed by atoms with Crippen LogP contribution < -0.4 is 74.9 Å². The summed E-state index contributed by atoms with van der Waals surface area (Å²) >= 11 is 0. The van der Waals surface area contributed by atoms with Crippen molar-refractivity contribution in [2.75, 3.05) is 95.9 Å². The van der Waals surface area contributed by atoms with E-state index in [0.717, 1.165) is 13.0 Å². The number of nitrogens with zero attached hydrogens (tertiary/aromatic N) is 13. The maximum Gasteiger partial charge on any atom is 0.292 e. The number of aliphatic hydroxyl groups excluding tert-OH is 1. The SMILES string of the molecule is CC(=O)Nc1cn(C)c(C(=O)Nc2cn(C)c(C(=O)NCCC(=O)Nc3cn(C)c(C(=O)Nc4cn(C)c(C(=O)NCC[C@@H](N)C(=O)Nc5cc(C(=O)Nc6cc(C(=O)NC[C@@H](O)CC(=O)Nc7cc(C(=O)Nc8cc(C(=O)NCCC(=O)NCCCN(C)C)n(C)c8)n(C)c7)n(C)c6)n(C)c5)n4)n3)n2)n1. The van der Waals surface area contributed by atoms with Gasteiger partial charge < -0.3 is 121 Å². The number of aryl methyl sites for hydroxylation is 8. The highest BCUT2D eigenvalue weighted by Gasteiger charge is 2.26. The summed E-state index contributed by atoms with van der Waals surface area (Å²) in [4.78, 5) is 187. The molecular weight excluding hydrogens is 1380 g/mol. The lowest BCUT2D eigenvalue weighted by Gasteiger charge is -2.12. The molecule has 0 radical (unpaired) electrons. The molecule has 8 aromatic heterocycles. The van der Waals surface area contributed by atoms with Gasteiger partial charge in [-0.25, -0.2) is 19.9 Å². The summed E-state index contributed by atoms with van der Waals surface area (Å²) < 4.78 is 11.4. The number of carbonyl (C=O) groups is 13. The van der Waals surface area contributed by atoms with E-state index in [9.17, 15) is 67.4 Å². The average Bonchev–Trinajstić information content (AvgIpc) is 1.69. The minimum absolute atomic E-state index is 0.0172. The molecule has 16 N–H and O–H groups in total. The van der Waals surface area contributed by atoms with Crippen molar-refractivity contribution < 1.29 is 67.4 Å². The highest BCUT2D eigenvalue weighted by atomic mass is 16.3. The lowest BCUT2D eigenvalue weighted by atomic mass is 10.2. The third kappa shape index (κ3) is 21.5. The van der Waals surface area contributed by atoms with Gasteiger partial charge in [-0.3, -0.25) is 62.3 Å². The molecule has 0 bridgehead atoms. The van der Waals surface area contributed by atoms with Gasteiger partial charge in [-0.15, -0.1) is 0 Å². The van der Waals surface area contributed by atoms with Crippen LogP contribution in [0, 0.1) is 0 Å². The Labute approximate surface area is 605 Å². The van der Waals surface area contributed by atoms with Crippen LogP contribution in [0.2, 0.25) is 0 Å². The fourth-order valence-electron chi connectivity index (χ4n) is 10.6. The number of amides is 13. The molecule has 0 aromatic carbocycles. The van der Waals surface area contributed by atoms with Crippen molar-refractivity contribution >= 4 is 123 Å². The molecule has 13 amide bonds. The van der Waals surface area contributed by atoms with Crippen LogP contribution in [-0.4, -0.2) is 209 Å². The molecule has 0 saturated heterocycles. The van der Waals surface area contributed by atoms with Gasteiger partial charge in [0.1, 0.15) is 22.8 Å². The van der Waals surface area contributed by atoms with E-state index in [2.05, 4.69) is 89.1 Å². The number of carbonyl (C=O) groups excluding carboxylic acids is 13. The molecular formula is C65H85N27O14. The van der Waals surface area contributed by atoms with Crippen LogP contribution in [0.4, 0.5) is 46.0 Å². The highest BCUT2D eigenvalue weighted by Crippen LogP contribution is 2.22. The van der Waals surface area contributed by atoms with E-state index in [0.29, 0.717) is 12.2 Å². The Hall–Kier alpha value is -13.0. The highest BCUT2D eigenvalue weighted by molar-refractivity contribution is 6.08. The second kappa shape index (κ2) is 35.2. The van der Waals surface area contributed by atoms with E-state index in [1.54, 1.807) is 41.4 Å². The number of aromatic nitrogens is 12. The number of hydrogen-bond donors (Lipinski definition) is 15. The second-order valence-electron chi connectivity index (χ2n) is 25.0. The van der Waals surface area contributed by atoms with Crippen molar-refractivity contribution in [3.63, 3.8) is 0 Å². The van der Waals surface area contributed by atoms with Crippen molar-refractivity contribution in [3.05, 3.63) is 120 Å². The Balaban J connectivity index is 0.709. The lowest BCUT2D eigenvalue weighted by Crippen LogP contribution is -2.39. The summed E-state index contributed by atoms with van der Waals surface area (Å²) in [6.45, 7) is 2.24. The number of nitrogens with one attached hydrogen (secondary N) is 13. The Morgan fingerprint density at radius 1 is 0.406 bits per heavy atom. The van der Waals surface area contributed by atoms with Gasteiger partial charge in [-0.05, 0) is 57.7 Å². The van der Waals surface area contributed by atoms with Crippen molar-refractivity contribution in [1.29, 1.82) is 0 Å².